The molecule has 3 aliphatic rings. The van der Waals surface area contributed by atoms with E-state index in [4.69, 9.17) is 0 Å². The molecule has 0 aromatic carbocycles. The summed E-state index contributed by atoms with van der Waals surface area (Å²) in [5.41, 5.74) is 7.32. The Labute approximate surface area is 152 Å². The lowest BCUT2D eigenvalue weighted by Crippen LogP contribution is -2.67. The maximum atomic E-state index is 2.54. The standard InChI is InChI=1S/C24H42/c1-15-16(2)20(7,8)24(14)18(4)17(3)23(13,19(15,5)6)21(9,10)22(24,11)12/h1-14H3/b16-15-. The summed E-state index contributed by atoms with van der Waals surface area (Å²) in [4.78, 5) is 0. The van der Waals surface area contributed by atoms with Crippen molar-refractivity contribution in [3.63, 3.8) is 0 Å². The highest BCUT2D eigenvalue weighted by molar-refractivity contribution is 5.47. The molecule has 2 unspecified atom stereocenters. The van der Waals surface area contributed by atoms with Crippen molar-refractivity contribution in [1.29, 1.82) is 0 Å². The van der Waals surface area contributed by atoms with Crippen molar-refractivity contribution in [2.75, 3.05) is 0 Å². The minimum atomic E-state index is 0.127. The van der Waals surface area contributed by atoms with Gasteiger partial charge < -0.3 is 0 Å². The molecule has 0 aliphatic heterocycles. The van der Waals surface area contributed by atoms with Crippen molar-refractivity contribution in [2.45, 2.75) is 96.9 Å². The van der Waals surface area contributed by atoms with Crippen LogP contribution < -0.4 is 0 Å². The van der Waals surface area contributed by atoms with E-state index in [0.717, 1.165) is 0 Å². The number of hydrogen-bond donors (Lipinski definition) is 0. The zero-order valence-corrected chi connectivity index (χ0v) is 19.0. The van der Waals surface area contributed by atoms with Gasteiger partial charge in [-0.25, -0.2) is 0 Å². The molecule has 24 heavy (non-hydrogen) atoms. The summed E-state index contributed by atoms with van der Waals surface area (Å²) in [6.07, 6.45) is 0. The maximum absolute atomic E-state index is 2.54. The molecule has 3 rings (SSSR count). The fourth-order valence-electron chi connectivity index (χ4n) is 7.12. The van der Waals surface area contributed by atoms with Gasteiger partial charge in [0.25, 0.3) is 0 Å². The van der Waals surface area contributed by atoms with E-state index in [1.807, 2.05) is 0 Å². The first-order valence-corrected chi connectivity index (χ1v) is 9.75. The number of allylic oxidation sites excluding steroid dienone is 4. The van der Waals surface area contributed by atoms with Crippen LogP contribution in [0.3, 0.4) is 0 Å². The van der Waals surface area contributed by atoms with Crippen LogP contribution in [0.25, 0.3) is 0 Å². The topological polar surface area (TPSA) is 0 Å². The van der Waals surface area contributed by atoms with Crippen molar-refractivity contribution < 1.29 is 0 Å². The van der Waals surface area contributed by atoms with Gasteiger partial charge in [-0.15, -0.1) is 0 Å². The van der Waals surface area contributed by atoms with E-state index in [-0.39, 0.29) is 32.5 Å². The molecule has 3 aliphatic carbocycles. The highest BCUT2D eigenvalue weighted by Gasteiger charge is 2.71. The van der Waals surface area contributed by atoms with Crippen molar-refractivity contribution >= 4 is 0 Å². The third-order valence-electron chi connectivity index (χ3n) is 11.1. The van der Waals surface area contributed by atoms with Crippen LogP contribution in [-0.4, -0.2) is 0 Å². The van der Waals surface area contributed by atoms with E-state index in [1.54, 1.807) is 22.3 Å². The van der Waals surface area contributed by atoms with Crippen LogP contribution in [0.1, 0.15) is 96.9 Å². The average Bonchev–Trinajstić information content (AvgIpc) is 2.47. The van der Waals surface area contributed by atoms with Gasteiger partial charge in [-0.2, -0.15) is 0 Å². The van der Waals surface area contributed by atoms with E-state index < -0.39 is 0 Å². The van der Waals surface area contributed by atoms with E-state index in [1.165, 1.54) is 0 Å². The van der Waals surface area contributed by atoms with Crippen LogP contribution in [-0.2, 0) is 0 Å². The summed E-state index contributed by atoms with van der Waals surface area (Å²) in [6.45, 7) is 34.8. The number of fused-ring (bicyclic) bond motifs is 3. The molecule has 0 fully saturated rings. The SMILES string of the molecule is CC1=C(C)C2(C)C(C)(C)/C(C)=C(/C)C(C)(C)C1(C)C(C)(C)C2(C)C. The molecule has 0 nitrogen and oxygen atoms in total. The van der Waals surface area contributed by atoms with Crippen LogP contribution >= 0.6 is 0 Å². The van der Waals surface area contributed by atoms with Gasteiger partial charge in [0.15, 0.2) is 0 Å². The molecule has 0 N–H and O–H groups in total. The predicted molar refractivity (Wildman–Crippen MR) is 108 cm³/mol. The molecule has 0 radical (unpaired) electrons. The molecule has 0 amide bonds. The van der Waals surface area contributed by atoms with Gasteiger partial charge in [-0.05, 0) is 49.4 Å². The summed E-state index contributed by atoms with van der Waals surface area (Å²) >= 11 is 0. The summed E-state index contributed by atoms with van der Waals surface area (Å²) in [5, 5.41) is 0. The summed E-state index contributed by atoms with van der Waals surface area (Å²) in [6, 6.07) is 0. The average molecular weight is 331 g/mol. The van der Waals surface area contributed by atoms with Crippen LogP contribution in [0, 0.1) is 32.5 Å². The monoisotopic (exact) mass is 330 g/mol. The zero-order chi connectivity index (χ0) is 19.3. The van der Waals surface area contributed by atoms with Crippen molar-refractivity contribution in [1.82, 2.24) is 0 Å². The Hall–Kier alpha value is -0.520. The Balaban J connectivity index is 3.22. The first-order chi connectivity index (χ1) is 10.4. The third-order valence-corrected chi connectivity index (χ3v) is 11.1. The summed E-state index contributed by atoms with van der Waals surface area (Å²) < 4.78 is 0. The normalized spacial score (nSPS) is 42.8. The molecule has 0 saturated carbocycles. The number of rotatable bonds is 0. The van der Waals surface area contributed by atoms with Gasteiger partial charge >= 0.3 is 0 Å². The molecule has 0 spiro atoms. The van der Waals surface area contributed by atoms with Gasteiger partial charge in [-0.1, -0.05) is 91.5 Å². The lowest BCUT2D eigenvalue weighted by atomic mass is 9.29. The quantitative estimate of drug-likeness (QED) is 0.397. The molecule has 2 bridgehead atoms. The lowest BCUT2D eigenvalue weighted by Gasteiger charge is -2.74. The summed E-state index contributed by atoms with van der Waals surface area (Å²) in [7, 11) is 0. The lowest BCUT2D eigenvalue weighted by molar-refractivity contribution is -0.170. The smallest absolute Gasteiger partial charge is 0.00284 e. The summed E-state index contributed by atoms with van der Waals surface area (Å²) in [5.74, 6) is 0. The second-order valence-electron chi connectivity index (χ2n) is 11.2. The van der Waals surface area contributed by atoms with E-state index >= 15 is 0 Å². The highest BCUT2D eigenvalue weighted by Crippen LogP contribution is 2.78. The van der Waals surface area contributed by atoms with E-state index in [2.05, 4.69) is 96.9 Å². The molecule has 0 heteroatoms. The molecular formula is C24H42. The Morgan fingerprint density at radius 2 is 0.583 bits per heavy atom. The Kier molecular flexibility index (Phi) is 3.80. The molecular weight excluding hydrogens is 288 g/mol. The van der Waals surface area contributed by atoms with Gasteiger partial charge in [-0.3, -0.25) is 0 Å². The minimum Gasteiger partial charge on any atom is -0.0673 e. The second kappa shape index (κ2) is 4.60. The first-order valence-electron chi connectivity index (χ1n) is 9.75. The Morgan fingerprint density at radius 3 is 0.792 bits per heavy atom. The Bertz CT molecular complexity index is 592. The predicted octanol–water partition coefficient (Wildman–Crippen LogP) is 7.80. The highest BCUT2D eigenvalue weighted by atomic mass is 14.7. The maximum Gasteiger partial charge on any atom is 0.00284 e. The van der Waals surface area contributed by atoms with Crippen molar-refractivity contribution in [3.05, 3.63) is 22.3 Å². The van der Waals surface area contributed by atoms with Crippen molar-refractivity contribution in [2.24, 2.45) is 32.5 Å². The minimum absolute atomic E-state index is 0.127. The molecule has 138 valence electrons. The zero-order valence-electron chi connectivity index (χ0n) is 19.0. The molecule has 0 aromatic rings. The van der Waals surface area contributed by atoms with Crippen LogP contribution in [0.2, 0.25) is 0 Å². The van der Waals surface area contributed by atoms with Gasteiger partial charge in [0.1, 0.15) is 0 Å². The first kappa shape index (κ1) is 19.8. The largest absolute Gasteiger partial charge is 0.0673 e. The number of hydrogen-bond acceptors (Lipinski definition) is 0. The third kappa shape index (κ3) is 1.54. The van der Waals surface area contributed by atoms with E-state index in [9.17, 15) is 0 Å². The second-order valence-corrected chi connectivity index (χ2v) is 11.2. The fourth-order valence-corrected chi connectivity index (χ4v) is 7.12. The van der Waals surface area contributed by atoms with Gasteiger partial charge in [0.2, 0.25) is 0 Å². The van der Waals surface area contributed by atoms with Gasteiger partial charge in [0, 0.05) is 10.8 Å². The molecule has 0 heterocycles. The van der Waals surface area contributed by atoms with Crippen LogP contribution in [0.15, 0.2) is 22.3 Å². The molecule has 0 aromatic heterocycles. The molecule has 2 atom stereocenters. The Morgan fingerprint density at radius 1 is 0.375 bits per heavy atom. The van der Waals surface area contributed by atoms with E-state index in [0.29, 0.717) is 0 Å². The van der Waals surface area contributed by atoms with Crippen molar-refractivity contribution in [3.8, 4) is 0 Å². The van der Waals surface area contributed by atoms with Crippen LogP contribution in [0.4, 0.5) is 0 Å². The van der Waals surface area contributed by atoms with Gasteiger partial charge in [0.05, 0.1) is 0 Å². The molecule has 0 saturated heterocycles. The van der Waals surface area contributed by atoms with Crippen LogP contribution in [0.5, 0.6) is 0 Å². The fraction of sp³-hybridized carbons (Fsp3) is 0.833.